The van der Waals surface area contributed by atoms with Crippen LogP contribution >= 0.6 is 24.0 Å². The fraction of sp³-hybridized carbons (Fsp3) is 0.381. The summed E-state index contributed by atoms with van der Waals surface area (Å²) in [6.07, 6.45) is 0. The fourth-order valence-corrected chi connectivity index (χ4v) is 2.74. The number of guanidine groups is 1. The molecular weight excluding hydrogens is 501 g/mol. The van der Waals surface area contributed by atoms with Crippen molar-refractivity contribution in [1.29, 1.82) is 0 Å². The van der Waals surface area contributed by atoms with E-state index in [-0.39, 0.29) is 24.0 Å². The maximum absolute atomic E-state index is 5.48. The number of anilines is 1. The topological polar surface area (TPSA) is 82.6 Å². The summed E-state index contributed by atoms with van der Waals surface area (Å²) in [5, 5.41) is 6.50. The highest BCUT2D eigenvalue weighted by molar-refractivity contribution is 14.0. The standard InChI is InChI=1S/C21H29N3O5.HI/c1-7-22-21(24-15-8-9-16(25-2)19(11-15)28-5)23-13-14-10-18(27-4)20(29-6)12-17(14)26-3;/h8-12H,7,13H2,1-6H3,(H2,22,23,24);1H. The van der Waals surface area contributed by atoms with E-state index >= 15 is 0 Å². The summed E-state index contributed by atoms with van der Waals surface area (Å²) in [6.45, 7) is 3.09. The molecule has 166 valence electrons. The van der Waals surface area contributed by atoms with Crippen LogP contribution in [0.4, 0.5) is 5.69 Å². The maximum atomic E-state index is 5.48. The third-order valence-corrected chi connectivity index (χ3v) is 4.18. The molecule has 0 heterocycles. The minimum Gasteiger partial charge on any atom is -0.496 e. The van der Waals surface area contributed by atoms with E-state index in [1.54, 1.807) is 41.6 Å². The Hall–Kier alpha value is -2.56. The Morgan fingerprint density at radius 3 is 1.90 bits per heavy atom. The number of hydrogen-bond donors (Lipinski definition) is 2. The van der Waals surface area contributed by atoms with E-state index in [0.717, 1.165) is 11.3 Å². The van der Waals surface area contributed by atoms with Gasteiger partial charge in [0.2, 0.25) is 0 Å². The number of halogens is 1. The van der Waals surface area contributed by atoms with Crippen LogP contribution in [0.25, 0.3) is 0 Å². The number of ether oxygens (including phenoxy) is 5. The minimum absolute atomic E-state index is 0. The Balaban J connectivity index is 0.00000450. The van der Waals surface area contributed by atoms with E-state index in [4.69, 9.17) is 23.7 Å². The summed E-state index contributed by atoms with van der Waals surface area (Å²) in [4.78, 5) is 4.66. The summed E-state index contributed by atoms with van der Waals surface area (Å²) in [6, 6.07) is 9.23. The summed E-state index contributed by atoms with van der Waals surface area (Å²) in [7, 11) is 8.00. The highest BCUT2D eigenvalue weighted by Gasteiger charge is 2.12. The second-order valence-electron chi connectivity index (χ2n) is 5.91. The van der Waals surface area contributed by atoms with Gasteiger partial charge in [0.25, 0.3) is 0 Å². The van der Waals surface area contributed by atoms with Gasteiger partial charge in [0.15, 0.2) is 29.0 Å². The highest BCUT2D eigenvalue weighted by Crippen LogP contribution is 2.35. The Labute approximate surface area is 194 Å². The molecule has 2 aromatic carbocycles. The van der Waals surface area contributed by atoms with E-state index < -0.39 is 0 Å². The number of benzene rings is 2. The molecule has 2 aromatic rings. The zero-order chi connectivity index (χ0) is 21.2. The normalized spacial score (nSPS) is 10.5. The predicted octanol–water partition coefficient (Wildman–Crippen LogP) is 3.93. The van der Waals surface area contributed by atoms with Gasteiger partial charge in [-0.3, -0.25) is 0 Å². The largest absolute Gasteiger partial charge is 0.496 e. The molecule has 0 radical (unpaired) electrons. The van der Waals surface area contributed by atoms with Crippen LogP contribution < -0.4 is 34.3 Å². The first kappa shape index (κ1) is 25.5. The molecule has 0 spiro atoms. The molecule has 2 N–H and O–H groups in total. The molecule has 9 heteroatoms. The number of methoxy groups -OCH3 is 5. The molecule has 0 aromatic heterocycles. The van der Waals surface area contributed by atoms with Crippen LogP contribution in [-0.2, 0) is 6.54 Å². The van der Waals surface area contributed by atoms with Crippen molar-refractivity contribution in [2.24, 2.45) is 4.99 Å². The number of aliphatic imine (C=N–C) groups is 1. The highest BCUT2D eigenvalue weighted by atomic mass is 127. The molecule has 0 atom stereocenters. The van der Waals surface area contributed by atoms with Gasteiger partial charge in [-0.2, -0.15) is 0 Å². The van der Waals surface area contributed by atoms with Gasteiger partial charge in [0, 0.05) is 29.9 Å². The van der Waals surface area contributed by atoms with Crippen LogP contribution in [0.15, 0.2) is 35.3 Å². The van der Waals surface area contributed by atoms with Gasteiger partial charge in [0.1, 0.15) is 5.75 Å². The predicted molar refractivity (Wildman–Crippen MR) is 129 cm³/mol. The van der Waals surface area contributed by atoms with Crippen LogP contribution in [0.3, 0.4) is 0 Å². The smallest absolute Gasteiger partial charge is 0.196 e. The van der Waals surface area contributed by atoms with Crippen LogP contribution in [0, 0.1) is 0 Å². The molecule has 0 aliphatic rings. The molecule has 0 saturated heterocycles. The van der Waals surface area contributed by atoms with Crippen LogP contribution in [0.5, 0.6) is 28.7 Å². The molecule has 8 nitrogen and oxygen atoms in total. The van der Waals surface area contributed by atoms with Crippen molar-refractivity contribution >= 4 is 35.6 Å². The van der Waals surface area contributed by atoms with Crippen molar-refractivity contribution in [1.82, 2.24) is 5.32 Å². The van der Waals surface area contributed by atoms with Gasteiger partial charge in [-0.15, -0.1) is 24.0 Å². The fourth-order valence-electron chi connectivity index (χ4n) is 2.74. The average molecular weight is 531 g/mol. The monoisotopic (exact) mass is 531 g/mol. The second-order valence-corrected chi connectivity index (χ2v) is 5.91. The lowest BCUT2D eigenvalue weighted by atomic mass is 10.1. The quantitative estimate of drug-likeness (QED) is 0.288. The molecule has 2 rings (SSSR count). The van der Waals surface area contributed by atoms with Crippen molar-refractivity contribution in [2.45, 2.75) is 13.5 Å². The number of rotatable bonds is 9. The first-order valence-corrected chi connectivity index (χ1v) is 9.16. The molecule has 0 saturated carbocycles. The van der Waals surface area contributed by atoms with Gasteiger partial charge in [-0.1, -0.05) is 0 Å². The summed E-state index contributed by atoms with van der Waals surface area (Å²) in [5.74, 6) is 3.82. The lowest BCUT2D eigenvalue weighted by Gasteiger charge is -2.15. The second kappa shape index (κ2) is 12.9. The molecule has 0 aliphatic carbocycles. The lowest BCUT2D eigenvalue weighted by molar-refractivity contribution is 0.347. The number of nitrogens with zero attached hydrogens (tertiary/aromatic N) is 1. The zero-order valence-electron chi connectivity index (χ0n) is 18.2. The minimum atomic E-state index is 0. The molecule has 0 amide bonds. The molecule has 0 aliphatic heterocycles. The van der Waals surface area contributed by atoms with Crippen LogP contribution in [0.2, 0.25) is 0 Å². The Morgan fingerprint density at radius 1 is 0.767 bits per heavy atom. The lowest BCUT2D eigenvalue weighted by Crippen LogP contribution is -2.30. The maximum Gasteiger partial charge on any atom is 0.196 e. The first-order chi connectivity index (χ1) is 14.1. The SMILES string of the molecule is CCNC(=NCc1cc(OC)c(OC)cc1OC)Nc1ccc(OC)c(OC)c1.I. The molecule has 0 fully saturated rings. The number of nitrogens with one attached hydrogen (secondary N) is 2. The van der Waals surface area contributed by atoms with Gasteiger partial charge in [-0.25, -0.2) is 4.99 Å². The Morgan fingerprint density at radius 2 is 1.33 bits per heavy atom. The van der Waals surface area contributed by atoms with E-state index in [1.165, 1.54) is 0 Å². The van der Waals surface area contributed by atoms with E-state index in [2.05, 4.69) is 15.6 Å². The Bertz CT molecular complexity index is 846. The van der Waals surface area contributed by atoms with Crippen LogP contribution in [0.1, 0.15) is 12.5 Å². The Kier molecular flexibility index (Phi) is 10.9. The molecule has 0 unspecified atom stereocenters. The van der Waals surface area contributed by atoms with Gasteiger partial charge < -0.3 is 34.3 Å². The summed E-state index contributed by atoms with van der Waals surface area (Å²) in [5.41, 5.74) is 1.69. The number of hydrogen-bond acceptors (Lipinski definition) is 6. The third kappa shape index (κ3) is 6.48. The van der Waals surface area contributed by atoms with Crippen molar-refractivity contribution in [2.75, 3.05) is 47.4 Å². The van der Waals surface area contributed by atoms with Crippen molar-refractivity contribution < 1.29 is 23.7 Å². The van der Waals surface area contributed by atoms with Gasteiger partial charge >= 0.3 is 0 Å². The van der Waals surface area contributed by atoms with Crippen molar-refractivity contribution in [3.8, 4) is 28.7 Å². The summed E-state index contributed by atoms with van der Waals surface area (Å²) >= 11 is 0. The molecule has 0 bridgehead atoms. The third-order valence-electron chi connectivity index (χ3n) is 4.18. The van der Waals surface area contributed by atoms with E-state index in [9.17, 15) is 0 Å². The first-order valence-electron chi connectivity index (χ1n) is 9.16. The molecule has 30 heavy (non-hydrogen) atoms. The zero-order valence-corrected chi connectivity index (χ0v) is 20.5. The van der Waals surface area contributed by atoms with E-state index in [0.29, 0.717) is 47.8 Å². The average Bonchev–Trinajstić information content (AvgIpc) is 2.76. The van der Waals surface area contributed by atoms with Crippen molar-refractivity contribution in [3.63, 3.8) is 0 Å². The van der Waals surface area contributed by atoms with Crippen LogP contribution in [-0.4, -0.2) is 48.1 Å². The van der Waals surface area contributed by atoms with Crippen molar-refractivity contribution in [3.05, 3.63) is 35.9 Å². The van der Waals surface area contributed by atoms with Gasteiger partial charge in [-0.05, 0) is 25.1 Å². The molecular formula is C21H30IN3O5. The summed E-state index contributed by atoms with van der Waals surface area (Å²) < 4.78 is 26.8. The van der Waals surface area contributed by atoms with Gasteiger partial charge in [0.05, 0.1) is 42.1 Å². The van der Waals surface area contributed by atoms with E-state index in [1.807, 2.05) is 31.2 Å².